The van der Waals surface area contributed by atoms with Crippen molar-refractivity contribution in [2.75, 3.05) is 19.6 Å². The smallest absolute Gasteiger partial charge is 0.236 e. The summed E-state index contributed by atoms with van der Waals surface area (Å²) in [4.78, 5) is 13.3. The topological polar surface area (TPSA) is 32.3 Å². The van der Waals surface area contributed by atoms with Crippen LogP contribution in [-0.2, 0) is 11.3 Å². The maximum Gasteiger partial charge on any atom is 0.236 e. The molecule has 5 heteroatoms. The summed E-state index contributed by atoms with van der Waals surface area (Å²) >= 11 is 0. The molecule has 1 amide bonds. The molecule has 1 saturated heterocycles. The molecule has 0 aliphatic carbocycles. The molecule has 0 atom stereocenters. The van der Waals surface area contributed by atoms with Crippen molar-refractivity contribution in [3.63, 3.8) is 0 Å². The van der Waals surface area contributed by atoms with Crippen LogP contribution >= 0.6 is 0 Å². The van der Waals surface area contributed by atoms with Crippen LogP contribution in [0.4, 0.5) is 8.78 Å². The van der Waals surface area contributed by atoms with Gasteiger partial charge in [0.05, 0.1) is 6.54 Å². The summed E-state index contributed by atoms with van der Waals surface area (Å²) in [5.74, 6) is -1.25. The summed E-state index contributed by atoms with van der Waals surface area (Å²) in [5, 5.41) is 2.99. The summed E-state index contributed by atoms with van der Waals surface area (Å²) in [6, 6.07) is 3.44. The Labute approximate surface area is 98.4 Å². The van der Waals surface area contributed by atoms with E-state index >= 15 is 0 Å². The van der Waals surface area contributed by atoms with E-state index in [9.17, 15) is 13.6 Å². The van der Waals surface area contributed by atoms with Gasteiger partial charge in [-0.15, -0.1) is 0 Å². The van der Waals surface area contributed by atoms with Crippen LogP contribution in [0.3, 0.4) is 0 Å². The quantitative estimate of drug-likeness (QED) is 0.844. The highest BCUT2D eigenvalue weighted by atomic mass is 19.1. The number of carbonyl (C=O) groups excluding carboxylic acids is 1. The molecule has 92 valence electrons. The van der Waals surface area contributed by atoms with E-state index in [1.54, 1.807) is 4.90 Å². The third-order valence-corrected chi connectivity index (χ3v) is 2.79. The fourth-order valence-electron chi connectivity index (χ4n) is 1.85. The van der Waals surface area contributed by atoms with E-state index in [2.05, 4.69) is 5.32 Å². The van der Waals surface area contributed by atoms with Gasteiger partial charge in [0.25, 0.3) is 0 Å². The van der Waals surface area contributed by atoms with Crippen molar-refractivity contribution < 1.29 is 13.6 Å². The number of hydrogen-bond donors (Lipinski definition) is 1. The van der Waals surface area contributed by atoms with Gasteiger partial charge in [0.15, 0.2) is 0 Å². The van der Waals surface area contributed by atoms with Gasteiger partial charge in [-0.05, 0) is 19.0 Å². The maximum atomic E-state index is 13.4. The second kappa shape index (κ2) is 5.23. The molecule has 1 aromatic carbocycles. The molecule has 1 aromatic rings. The van der Waals surface area contributed by atoms with Gasteiger partial charge < -0.3 is 10.2 Å². The Morgan fingerprint density at radius 2 is 2.18 bits per heavy atom. The first-order valence-corrected chi connectivity index (χ1v) is 5.59. The zero-order valence-corrected chi connectivity index (χ0v) is 9.38. The molecule has 1 N–H and O–H groups in total. The number of hydrogen-bond acceptors (Lipinski definition) is 2. The second-order valence-electron chi connectivity index (χ2n) is 4.08. The number of rotatable bonds is 2. The molecular weight excluding hydrogens is 226 g/mol. The number of benzene rings is 1. The lowest BCUT2D eigenvalue weighted by atomic mass is 10.2. The monoisotopic (exact) mass is 240 g/mol. The highest BCUT2D eigenvalue weighted by Gasteiger charge is 2.17. The lowest BCUT2D eigenvalue weighted by Crippen LogP contribution is -2.34. The van der Waals surface area contributed by atoms with Gasteiger partial charge in [0, 0.05) is 24.7 Å². The van der Waals surface area contributed by atoms with E-state index in [1.165, 1.54) is 12.1 Å². The zero-order chi connectivity index (χ0) is 12.3. The summed E-state index contributed by atoms with van der Waals surface area (Å²) in [7, 11) is 0. The first kappa shape index (κ1) is 12.0. The number of nitrogens with zero attached hydrogens (tertiary/aromatic N) is 1. The van der Waals surface area contributed by atoms with E-state index in [0.717, 1.165) is 19.0 Å². The summed E-state index contributed by atoms with van der Waals surface area (Å²) in [5.41, 5.74) is 0.349. The number of halogens is 2. The van der Waals surface area contributed by atoms with Gasteiger partial charge >= 0.3 is 0 Å². The third kappa shape index (κ3) is 3.00. The van der Waals surface area contributed by atoms with E-state index in [0.29, 0.717) is 12.1 Å². The van der Waals surface area contributed by atoms with Crippen LogP contribution in [0.15, 0.2) is 18.2 Å². The minimum Gasteiger partial charge on any atom is -0.337 e. The number of carbonyl (C=O) groups is 1. The first-order chi connectivity index (χ1) is 8.16. The van der Waals surface area contributed by atoms with Gasteiger partial charge in [-0.1, -0.05) is 6.07 Å². The highest BCUT2D eigenvalue weighted by Crippen LogP contribution is 2.13. The van der Waals surface area contributed by atoms with Gasteiger partial charge in [0.1, 0.15) is 11.6 Å². The lowest BCUT2D eigenvalue weighted by Gasteiger charge is -2.20. The van der Waals surface area contributed by atoms with Crippen LogP contribution in [0.1, 0.15) is 12.0 Å². The van der Waals surface area contributed by atoms with Crippen LogP contribution in [0, 0.1) is 11.6 Å². The molecule has 1 aliphatic heterocycles. The Kier molecular flexibility index (Phi) is 3.68. The van der Waals surface area contributed by atoms with Crippen LogP contribution < -0.4 is 5.32 Å². The molecule has 1 aliphatic rings. The third-order valence-electron chi connectivity index (χ3n) is 2.79. The molecule has 3 nitrogen and oxygen atoms in total. The van der Waals surface area contributed by atoms with Gasteiger partial charge in [0.2, 0.25) is 5.91 Å². The molecule has 0 spiro atoms. The Bertz CT molecular complexity index is 423. The van der Waals surface area contributed by atoms with Crippen LogP contribution in [0.5, 0.6) is 0 Å². The van der Waals surface area contributed by atoms with E-state index < -0.39 is 11.6 Å². The average Bonchev–Trinajstić information content (AvgIpc) is 2.48. The molecular formula is C12H14F2N2O. The SMILES string of the molecule is O=C1CNCCCN1Cc1ccc(F)cc1F. The summed E-state index contributed by atoms with van der Waals surface area (Å²) in [6.45, 7) is 1.87. The zero-order valence-electron chi connectivity index (χ0n) is 9.38. The Morgan fingerprint density at radius 1 is 1.35 bits per heavy atom. The summed E-state index contributed by atoms with van der Waals surface area (Å²) < 4.78 is 26.2. The van der Waals surface area contributed by atoms with Crippen molar-refractivity contribution in [3.05, 3.63) is 35.4 Å². The molecule has 0 bridgehead atoms. The normalized spacial score (nSPS) is 17.1. The minimum atomic E-state index is -0.602. The van der Waals surface area contributed by atoms with Crippen LogP contribution in [0.2, 0.25) is 0 Å². The van der Waals surface area contributed by atoms with Crippen molar-refractivity contribution in [1.82, 2.24) is 10.2 Å². The molecule has 0 radical (unpaired) electrons. The van der Waals surface area contributed by atoms with E-state index in [1.807, 2.05) is 0 Å². The first-order valence-electron chi connectivity index (χ1n) is 5.59. The van der Waals surface area contributed by atoms with Crippen molar-refractivity contribution in [2.24, 2.45) is 0 Å². The predicted molar refractivity (Wildman–Crippen MR) is 59.3 cm³/mol. The van der Waals surface area contributed by atoms with Gasteiger partial charge in [-0.2, -0.15) is 0 Å². The standard InChI is InChI=1S/C12H14F2N2O/c13-10-3-2-9(11(14)6-10)8-16-5-1-4-15-7-12(16)17/h2-3,6,15H,1,4-5,7-8H2. The Morgan fingerprint density at radius 3 is 2.94 bits per heavy atom. The molecule has 2 rings (SSSR count). The van der Waals surface area contributed by atoms with E-state index in [4.69, 9.17) is 0 Å². The Hall–Kier alpha value is -1.49. The molecule has 0 aromatic heterocycles. The molecule has 1 fully saturated rings. The van der Waals surface area contributed by atoms with Crippen molar-refractivity contribution in [1.29, 1.82) is 0 Å². The fraction of sp³-hybridized carbons (Fsp3) is 0.417. The van der Waals surface area contributed by atoms with Crippen LogP contribution in [-0.4, -0.2) is 30.4 Å². The largest absolute Gasteiger partial charge is 0.337 e. The summed E-state index contributed by atoms with van der Waals surface area (Å²) in [6.07, 6.45) is 0.842. The number of nitrogens with one attached hydrogen (secondary N) is 1. The molecule has 17 heavy (non-hydrogen) atoms. The molecule has 1 heterocycles. The van der Waals surface area contributed by atoms with Crippen molar-refractivity contribution in [2.45, 2.75) is 13.0 Å². The minimum absolute atomic E-state index is 0.0498. The average molecular weight is 240 g/mol. The lowest BCUT2D eigenvalue weighted by molar-refractivity contribution is -0.130. The fourth-order valence-corrected chi connectivity index (χ4v) is 1.85. The van der Waals surface area contributed by atoms with Gasteiger partial charge in [-0.3, -0.25) is 4.79 Å². The highest BCUT2D eigenvalue weighted by molar-refractivity contribution is 5.78. The predicted octanol–water partition coefficient (Wildman–Crippen LogP) is 1.29. The second-order valence-corrected chi connectivity index (χ2v) is 4.08. The maximum absolute atomic E-state index is 13.4. The molecule has 0 unspecified atom stereocenters. The van der Waals surface area contributed by atoms with Gasteiger partial charge in [-0.25, -0.2) is 8.78 Å². The van der Waals surface area contributed by atoms with E-state index in [-0.39, 0.29) is 19.0 Å². The van der Waals surface area contributed by atoms with Crippen molar-refractivity contribution in [3.8, 4) is 0 Å². The van der Waals surface area contributed by atoms with Crippen LogP contribution in [0.25, 0.3) is 0 Å². The number of amides is 1. The molecule has 0 saturated carbocycles. The Balaban J connectivity index is 2.10. The van der Waals surface area contributed by atoms with Crippen molar-refractivity contribution >= 4 is 5.91 Å².